The van der Waals surface area contributed by atoms with Gasteiger partial charge in [-0.2, -0.15) is 5.10 Å². The molecule has 0 aliphatic carbocycles. The van der Waals surface area contributed by atoms with Gasteiger partial charge in [0.2, 0.25) is 0 Å². The monoisotopic (exact) mass is 391 g/mol. The Bertz CT molecular complexity index is 755. The lowest BCUT2D eigenvalue weighted by Crippen LogP contribution is -2.40. The fraction of sp³-hybridized carbons (Fsp3) is 0.375. The van der Waals surface area contributed by atoms with E-state index < -0.39 is 30.2 Å². The number of carbonyl (C=O) groups excluding carboxylic acids is 1. The van der Waals surface area contributed by atoms with Crippen molar-refractivity contribution in [2.24, 2.45) is 0 Å². The number of alkyl halides is 2. The van der Waals surface area contributed by atoms with E-state index in [1.165, 1.54) is 19.1 Å². The summed E-state index contributed by atoms with van der Waals surface area (Å²) in [5, 5.41) is 6.60. The predicted octanol–water partition coefficient (Wildman–Crippen LogP) is 4.50. The second-order valence-electron chi connectivity index (χ2n) is 5.46. The molecule has 1 amide bonds. The molecule has 0 aliphatic heterocycles. The zero-order valence-corrected chi connectivity index (χ0v) is 15.3. The van der Waals surface area contributed by atoms with Gasteiger partial charge in [0.1, 0.15) is 11.8 Å². The van der Waals surface area contributed by atoms with Gasteiger partial charge in [-0.3, -0.25) is 9.89 Å². The number of aromatic amines is 1. The second kappa shape index (κ2) is 8.12. The Labute approximate surface area is 153 Å². The first-order chi connectivity index (χ1) is 11.8. The molecule has 136 valence electrons. The molecule has 0 spiro atoms. The third-order valence-electron chi connectivity index (χ3n) is 4.00. The third-order valence-corrected chi connectivity index (χ3v) is 4.56. The van der Waals surface area contributed by atoms with Crippen LogP contribution in [0.2, 0.25) is 10.0 Å². The smallest absolute Gasteiger partial charge is 0.282 e. The normalized spacial score (nSPS) is 13.8. The summed E-state index contributed by atoms with van der Waals surface area (Å²) in [6.07, 6.45) is -2.26. The largest absolute Gasteiger partial charge is 0.375 e. The molecular formula is C16H17Cl2F2N3O2. The van der Waals surface area contributed by atoms with Crippen molar-refractivity contribution in [3.8, 4) is 0 Å². The van der Waals surface area contributed by atoms with Gasteiger partial charge in [0, 0.05) is 36.0 Å². The SMILES string of the molecule is COC(c1ccc(Cl)cc1Cl)C(C)N(C)C(=O)c1c[nH]nc1C(F)F. The van der Waals surface area contributed by atoms with E-state index in [9.17, 15) is 13.6 Å². The predicted molar refractivity (Wildman–Crippen MR) is 91.3 cm³/mol. The summed E-state index contributed by atoms with van der Waals surface area (Å²) >= 11 is 12.1. The molecule has 1 aromatic carbocycles. The number of carbonyl (C=O) groups is 1. The van der Waals surface area contributed by atoms with Crippen molar-refractivity contribution in [3.63, 3.8) is 0 Å². The molecule has 0 aliphatic rings. The van der Waals surface area contributed by atoms with E-state index >= 15 is 0 Å². The van der Waals surface area contributed by atoms with Crippen LogP contribution in [-0.2, 0) is 4.74 Å². The summed E-state index contributed by atoms with van der Waals surface area (Å²) in [5.74, 6) is -0.594. The van der Waals surface area contributed by atoms with Gasteiger partial charge in [-0.25, -0.2) is 8.78 Å². The topological polar surface area (TPSA) is 58.2 Å². The Kier molecular flexibility index (Phi) is 6.37. The number of H-pyrrole nitrogens is 1. The number of benzene rings is 1. The van der Waals surface area contributed by atoms with Gasteiger partial charge in [0.05, 0.1) is 11.6 Å². The van der Waals surface area contributed by atoms with Crippen LogP contribution in [0.1, 0.15) is 41.1 Å². The lowest BCUT2D eigenvalue weighted by molar-refractivity contribution is 0.0258. The standard InChI is InChI=1S/C16H17Cl2F2N3O2/c1-8(14(25-3)10-5-4-9(17)6-12(10)18)23(2)16(24)11-7-21-22-13(11)15(19)20/h4-8,14-15H,1-3H3,(H,21,22). The molecule has 0 bridgehead atoms. The molecular weight excluding hydrogens is 375 g/mol. The van der Waals surface area contributed by atoms with E-state index in [2.05, 4.69) is 10.2 Å². The fourth-order valence-corrected chi connectivity index (χ4v) is 3.05. The fourth-order valence-electron chi connectivity index (χ4n) is 2.53. The van der Waals surface area contributed by atoms with Crippen LogP contribution in [0.5, 0.6) is 0 Å². The number of likely N-dealkylation sites (N-methyl/N-ethyl adjacent to an activating group) is 1. The Morgan fingerprint density at radius 3 is 2.60 bits per heavy atom. The summed E-state index contributed by atoms with van der Waals surface area (Å²) in [7, 11) is 2.98. The summed E-state index contributed by atoms with van der Waals surface area (Å²) in [6.45, 7) is 1.74. The van der Waals surface area contributed by atoms with E-state index in [0.717, 1.165) is 6.20 Å². The highest BCUT2D eigenvalue weighted by atomic mass is 35.5. The van der Waals surface area contributed by atoms with Gasteiger partial charge < -0.3 is 9.64 Å². The van der Waals surface area contributed by atoms with E-state index in [4.69, 9.17) is 27.9 Å². The molecule has 25 heavy (non-hydrogen) atoms. The maximum Gasteiger partial charge on any atom is 0.282 e. The van der Waals surface area contributed by atoms with Crippen molar-refractivity contribution in [1.29, 1.82) is 0 Å². The highest BCUT2D eigenvalue weighted by molar-refractivity contribution is 6.35. The molecule has 0 fully saturated rings. The van der Waals surface area contributed by atoms with Gasteiger partial charge >= 0.3 is 0 Å². The number of aromatic nitrogens is 2. The van der Waals surface area contributed by atoms with E-state index in [1.54, 1.807) is 25.1 Å². The number of nitrogens with zero attached hydrogens (tertiary/aromatic N) is 2. The number of nitrogens with one attached hydrogen (secondary N) is 1. The maximum absolute atomic E-state index is 13.0. The lowest BCUT2D eigenvalue weighted by atomic mass is 10.0. The van der Waals surface area contributed by atoms with Gasteiger partial charge in [0.15, 0.2) is 0 Å². The third kappa shape index (κ3) is 4.11. The van der Waals surface area contributed by atoms with E-state index in [-0.39, 0.29) is 5.56 Å². The van der Waals surface area contributed by atoms with E-state index in [1.807, 2.05) is 0 Å². The first kappa shape index (κ1) is 19.6. The molecule has 1 heterocycles. The van der Waals surface area contributed by atoms with Crippen LogP contribution in [0.25, 0.3) is 0 Å². The first-order valence-electron chi connectivity index (χ1n) is 7.34. The maximum atomic E-state index is 13.0. The minimum absolute atomic E-state index is 0.179. The molecule has 1 N–H and O–H groups in total. The molecule has 2 atom stereocenters. The molecule has 0 saturated heterocycles. The van der Waals surface area contributed by atoms with Crippen molar-refractivity contribution in [2.45, 2.75) is 25.5 Å². The molecule has 2 rings (SSSR count). The average molecular weight is 392 g/mol. The molecule has 1 aromatic heterocycles. The average Bonchev–Trinajstić information content (AvgIpc) is 3.05. The highest BCUT2D eigenvalue weighted by Crippen LogP contribution is 2.32. The minimum Gasteiger partial charge on any atom is -0.375 e. The van der Waals surface area contributed by atoms with Crippen molar-refractivity contribution >= 4 is 29.1 Å². The van der Waals surface area contributed by atoms with Gasteiger partial charge in [-0.05, 0) is 19.1 Å². The number of rotatable bonds is 6. The molecule has 5 nitrogen and oxygen atoms in total. The van der Waals surface area contributed by atoms with Crippen LogP contribution >= 0.6 is 23.2 Å². The summed E-state index contributed by atoms with van der Waals surface area (Å²) < 4.78 is 31.4. The number of methoxy groups -OCH3 is 1. The summed E-state index contributed by atoms with van der Waals surface area (Å²) in [4.78, 5) is 13.9. The van der Waals surface area contributed by atoms with Crippen molar-refractivity contribution in [1.82, 2.24) is 15.1 Å². The molecule has 2 aromatic rings. The number of halogens is 4. The first-order valence-corrected chi connectivity index (χ1v) is 8.10. The van der Waals surface area contributed by atoms with Crippen LogP contribution in [-0.4, -0.2) is 41.2 Å². The second-order valence-corrected chi connectivity index (χ2v) is 6.31. The van der Waals surface area contributed by atoms with Crippen LogP contribution in [0.3, 0.4) is 0 Å². The minimum atomic E-state index is -2.85. The summed E-state index contributed by atoms with van der Waals surface area (Å²) in [5.41, 5.74) is -0.119. The van der Waals surface area contributed by atoms with Crippen LogP contribution in [0.15, 0.2) is 24.4 Å². The zero-order valence-electron chi connectivity index (χ0n) is 13.8. The molecule has 9 heteroatoms. The number of hydrogen-bond acceptors (Lipinski definition) is 3. The quantitative estimate of drug-likeness (QED) is 0.788. The van der Waals surface area contributed by atoms with Gasteiger partial charge in [-0.15, -0.1) is 0 Å². The van der Waals surface area contributed by atoms with Crippen LogP contribution in [0.4, 0.5) is 8.78 Å². The van der Waals surface area contributed by atoms with Gasteiger partial charge in [0.25, 0.3) is 12.3 Å². The van der Waals surface area contributed by atoms with Crippen molar-refractivity contribution in [3.05, 3.63) is 51.3 Å². The lowest BCUT2D eigenvalue weighted by Gasteiger charge is -2.32. The Morgan fingerprint density at radius 2 is 2.04 bits per heavy atom. The van der Waals surface area contributed by atoms with Crippen molar-refractivity contribution in [2.75, 3.05) is 14.2 Å². The van der Waals surface area contributed by atoms with Crippen molar-refractivity contribution < 1.29 is 18.3 Å². The van der Waals surface area contributed by atoms with E-state index in [0.29, 0.717) is 15.6 Å². The number of hydrogen-bond donors (Lipinski definition) is 1. The Morgan fingerprint density at radius 1 is 1.36 bits per heavy atom. The number of amides is 1. The molecule has 0 radical (unpaired) electrons. The van der Waals surface area contributed by atoms with Crippen LogP contribution < -0.4 is 0 Å². The van der Waals surface area contributed by atoms with Crippen LogP contribution in [0, 0.1) is 0 Å². The van der Waals surface area contributed by atoms with Gasteiger partial charge in [-0.1, -0.05) is 29.3 Å². The Hall–Kier alpha value is -1.70. The molecule has 2 unspecified atom stereocenters. The summed E-state index contributed by atoms with van der Waals surface area (Å²) in [6, 6.07) is 4.45. The number of ether oxygens (including phenoxy) is 1. The Balaban J connectivity index is 2.28. The molecule has 0 saturated carbocycles. The zero-order chi connectivity index (χ0) is 18.7. The highest BCUT2D eigenvalue weighted by Gasteiger charge is 2.31.